The molecule has 4 heteroatoms. The van der Waals surface area contributed by atoms with E-state index in [4.69, 9.17) is 5.73 Å². The third-order valence-corrected chi connectivity index (χ3v) is 3.55. The maximum atomic E-state index is 11.6. The number of nitrogens with one attached hydrogen (secondary N) is 1. The number of carbonyl (C=O) groups is 1. The molecule has 1 amide bonds. The van der Waals surface area contributed by atoms with Crippen LogP contribution in [0.1, 0.15) is 32.6 Å². The topological polar surface area (TPSA) is 58.4 Å². The molecule has 0 radical (unpaired) electrons. The first kappa shape index (κ1) is 10.9. The molecule has 0 aromatic carbocycles. The van der Waals surface area contributed by atoms with Gasteiger partial charge in [0.15, 0.2) is 0 Å². The SMILES string of the molecule is CCCNC1(C(N)=O)CCN(C2CC2)C1. The van der Waals surface area contributed by atoms with Crippen LogP contribution < -0.4 is 11.1 Å². The second kappa shape index (κ2) is 4.10. The summed E-state index contributed by atoms with van der Waals surface area (Å²) in [4.78, 5) is 14.0. The summed E-state index contributed by atoms with van der Waals surface area (Å²) in [6.45, 7) is 4.81. The number of rotatable bonds is 5. The first-order chi connectivity index (χ1) is 7.18. The van der Waals surface area contributed by atoms with Crippen molar-refractivity contribution in [1.29, 1.82) is 0 Å². The second-order valence-electron chi connectivity index (χ2n) is 4.82. The van der Waals surface area contributed by atoms with Crippen molar-refractivity contribution >= 4 is 5.91 Å². The lowest BCUT2D eigenvalue weighted by atomic mass is 9.97. The summed E-state index contributed by atoms with van der Waals surface area (Å²) in [5.41, 5.74) is 5.08. The molecule has 1 aliphatic carbocycles. The summed E-state index contributed by atoms with van der Waals surface area (Å²) in [5, 5.41) is 3.34. The Morgan fingerprint density at radius 3 is 2.87 bits per heavy atom. The maximum absolute atomic E-state index is 11.6. The fourth-order valence-electron chi connectivity index (χ4n) is 2.39. The highest BCUT2D eigenvalue weighted by Crippen LogP contribution is 2.33. The summed E-state index contributed by atoms with van der Waals surface area (Å²) in [5.74, 6) is -0.181. The summed E-state index contributed by atoms with van der Waals surface area (Å²) in [7, 11) is 0. The molecule has 0 bridgehead atoms. The number of hydrogen-bond acceptors (Lipinski definition) is 3. The normalized spacial score (nSPS) is 32.1. The maximum Gasteiger partial charge on any atom is 0.239 e. The van der Waals surface area contributed by atoms with Gasteiger partial charge in [0, 0.05) is 19.1 Å². The molecule has 0 aromatic rings. The number of primary amides is 1. The van der Waals surface area contributed by atoms with Crippen molar-refractivity contribution in [2.75, 3.05) is 19.6 Å². The molecule has 86 valence electrons. The van der Waals surface area contributed by atoms with Crippen molar-refractivity contribution in [3.05, 3.63) is 0 Å². The minimum Gasteiger partial charge on any atom is -0.368 e. The Balaban J connectivity index is 1.97. The molecule has 15 heavy (non-hydrogen) atoms. The van der Waals surface area contributed by atoms with Crippen LogP contribution in [-0.2, 0) is 4.79 Å². The van der Waals surface area contributed by atoms with E-state index in [0.29, 0.717) is 0 Å². The van der Waals surface area contributed by atoms with Crippen LogP contribution >= 0.6 is 0 Å². The Labute approximate surface area is 91.2 Å². The van der Waals surface area contributed by atoms with Gasteiger partial charge < -0.3 is 11.1 Å². The summed E-state index contributed by atoms with van der Waals surface area (Å²) in [6.07, 6.45) is 4.50. The van der Waals surface area contributed by atoms with Gasteiger partial charge in [-0.15, -0.1) is 0 Å². The molecular formula is C11H21N3O. The van der Waals surface area contributed by atoms with E-state index in [9.17, 15) is 4.79 Å². The van der Waals surface area contributed by atoms with Gasteiger partial charge in [-0.25, -0.2) is 0 Å². The van der Waals surface area contributed by atoms with Crippen molar-refractivity contribution in [3.63, 3.8) is 0 Å². The zero-order chi connectivity index (χ0) is 10.9. The van der Waals surface area contributed by atoms with Gasteiger partial charge in [-0.3, -0.25) is 9.69 Å². The minimum absolute atomic E-state index is 0.181. The number of hydrogen-bond donors (Lipinski definition) is 2. The van der Waals surface area contributed by atoms with Crippen molar-refractivity contribution in [1.82, 2.24) is 10.2 Å². The molecule has 1 unspecified atom stereocenters. The highest BCUT2D eigenvalue weighted by Gasteiger charge is 2.46. The Morgan fingerprint density at radius 1 is 1.60 bits per heavy atom. The molecule has 2 rings (SSSR count). The van der Waals surface area contributed by atoms with Crippen LogP contribution in [0.15, 0.2) is 0 Å². The van der Waals surface area contributed by atoms with Gasteiger partial charge >= 0.3 is 0 Å². The van der Waals surface area contributed by atoms with E-state index in [1.54, 1.807) is 0 Å². The molecule has 1 saturated heterocycles. The van der Waals surface area contributed by atoms with Gasteiger partial charge in [0.2, 0.25) is 5.91 Å². The minimum atomic E-state index is -0.446. The molecule has 1 atom stereocenters. The monoisotopic (exact) mass is 211 g/mol. The molecule has 1 aliphatic heterocycles. The zero-order valence-electron chi connectivity index (χ0n) is 9.46. The lowest BCUT2D eigenvalue weighted by Gasteiger charge is -2.27. The molecule has 3 N–H and O–H groups in total. The lowest BCUT2D eigenvalue weighted by Crippen LogP contribution is -2.57. The van der Waals surface area contributed by atoms with Crippen molar-refractivity contribution < 1.29 is 4.79 Å². The zero-order valence-corrected chi connectivity index (χ0v) is 9.46. The average Bonchev–Trinajstić information content (AvgIpc) is 2.97. The van der Waals surface area contributed by atoms with Crippen LogP contribution in [0.2, 0.25) is 0 Å². The molecule has 1 saturated carbocycles. The van der Waals surface area contributed by atoms with E-state index in [1.165, 1.54) is 12.8 Å². The van der Waals surface area contributed by atoms with Crippen LogP contribution in [-0.4, -0.2) is 42.0 Å². The van der Waals surface area contributed by atoms with Crippen LogP contribution in [0.5, 0.6) is 0 Å². The summed E-state index contributed by atoms with van der Waals surface area (Å²) >= 11 is 0. The molecule has 4 nitrogen and oxygen atoms in total. The number of nitrogens with two attached hydrogens (primary N) is 1. The molecule has 0 aromatic heterocycles. The van der Waals surface area contributed by atoms with Crippen molar-refractivity contribution in [2.45, 2.75) is 44.2 Å². The van der Waals surface area contributed by atoms with Crippen molar-refractivity contribution in [2.24, 2.45) is 5.73 Å². The van der Waals surface area contributed by atoms with Crippen LogP contribution in [0.3, 0.4) is 0 Å². The lowest BCUT2D eigenvalue weighted by molar-refractivity contribution is -0.124. The second-order valence-corrected chi connectivity index (χ2v) is 4.82. The van der Waals surface area contributed by atoms with Gasteiger partial charge in [0.1, 0.15) is 5.54 Å². The third kappa shape index (κ3) is 2.16. The fraction of sp³-hybridized carbons (Fsp3) is 0.909. The molecular weight excluding hydrogens is 190 g/mol. The Morgan fingerprint density at radius 2 is 2.33 bits per heavy atom. The van der Waals surface area contributed by atoms with Crippen LogP contribution in [0.25, 0.3) is 0 Å². The first-order valence-electron chi connectivity index (χ1n) is 5.97. The van der Waals surface area contributed by atoms with E-state index in [2.05, 4.69) is 17.1 Å². The number of carbonyl (C=O) groups excluding carboxylic acids is 1. The standard InChI is InChI=1S/C11H21N3O/c1-2-6-13-11(10(12)15)5-7-14(8-11)9-3-4-9/h9,13H,2-8H2,1H3,(H2,12,15). The Hall–Kier alpha value is -0.610. The predicted molar refractivity (Wildman–Crippen MR) is 59.4 cm³/mol. The smallest absolute Gasteiger partial charge is 0.239 e. The predicted octanol–water partition coefficient (Wildman–Crippen LogP) is 0.0782. The van der Waals surface area contributed by atoms with Gasteiger partial charge in [0.25, 0.3) is 0 Å². The van der Waals surface area contributed by atoms with E-state index in [-0.39, 0.29) is 5.91 Å². The number of amides is 1. The van der Waals surface area contributed by atoms with Gasteiger partial charge in [-0.2, -0.15) is 0 Å². The molecule has 0 spiro atoms. The van der Waals surface area contributed by atoms with E-state index in [1.807, 2.05) is 0 Å². The number of nitrogens with zero attached hydrogens (tertiary/aromatic N) is 1. The van der Waals surface area contributed by atoms with Crippen LogP contribution in [0, 0.1) is 0 Å². The van der Waals surface area contributed by atoms with Gasteiger partial charge in [0.05, 0.1) is 0 Å². The highest BCUT2D eigenvalue weighted by atomic mass is 16.1. The number of likely N-dealkylation sites (tertiary alicyclic amines) is 1. The Kier molecular flexibility index (Phi) is 2.98. The summed E-state index contributed by atoms with van der Waals surface area (Å²) in [6, 6.07) is 0.731. The van der Waals surface area contributed by atoms with E-state index in [0.717, 1.165) is 38.5 Å². The molecule has 2 aliphatic rings. The summed E-state index contributed by atoms with van der Waals surface area (Å²) < 4.78 is 0. The van der Waals surface area contributed by atoms with Gasteiger partial charge in [-0.1, -0.05) is 6.92 Å². The molecule has 2 fully saturated rings. The molecule has 1 heterocycles. The highest BCUT2D eigenvalue weighted by molar-refractivity contribution is 5.85. The Bertz CT molecular complexity index is 252. The van der Waals surface area contributed by atoms with E-state index >= 15 is 0 Å². The first-order valence-corrected chi connectivity index (χ1v) is 5.97. The van der Waals surface area contributed by atoms with Crippen molar-refractivity contribution in [3.8, 4) is 0 Å². The fourth-order valence-corrected chi connectivity index (χ4v) is 2.39. The largest absolute Gasteiger partial charge is 0.368 e. The van der Waals surface area contributed by atoms with E-state index < -0.39 is 5.54 Å². The quantitative estimate of drug-likeness (QED) is 0.677. The van der Waals surface area contributed by atoms with Gasteiger partial charge in [-0.05, 0) is 32.2 Å². The average molecular weight is 211 g/mol. The third-order valence-electron chi connectivity index (χ3n) is 3.55. The van der Waals surface area contributed by atoms with Crippen LogP contribution in [0.4, 0.5) is 0 Å².